The highest BCUT2D eigenvalue weighted by atomic mass is 35.5. The van der Waals surface area contributed by atoms with Crippen molar-refractivity contribution >= 4 is 24.2 Å². The molecule has 7 heavy (non-hydrogen) atoms. The van der Waals surface area contributed by atoms with Crippen LogP contribution in [0.1, 0.15) is 0 Å². The van der Waals surface area contributed by atoms with Crippen molar-refractivity contribution in [1.82, 2.24) is 0 Å². The van der Waals surface area contributed by atoms with Gasteiger partial charge < -0.3 is 4.74 Å². The molecule has 1 nitrogen and oxygen atoms in total. The Morgan fingerprint density at radius 1 is 1.14 bits per heavy atom. The maximum absolute atomic E-state index is 4.69. The molecule has 0 aromatic heterocycles. The summed E-state index contributed by atoms with van der Waals surface area (Å²) >= 11 is 1.61. The van der Waals surface area contributed by atoms with Crippen LogP contribution in [0.15, 0.2) is 23.3 Å². The van der Waals surface area contributed by atoms with Crippen molar-refractivity contribution in [3.05, 3.63) is 23.3 Å². The van der Waals surface area contributed by atoms with Crippen molar-refractivity contribution in [2.24, 2.45) is 0 Å². The molecule has 0 spiro atoms. The van der Waals surface area contributed by atoms with E-state index in [9.17, 15) is 0 Å². The van der Waals surface area contributed by atoms with Crippen LogP contribution in [0.5, 0.6) is 0 Å². The third-order valence-electron chi connectivity index (χ3n) is 0.425. The molecule has 0 fully saturated rings. The predicted molar refractivity (Wildman–Crippen MR) is 34.2 cm³/mol. The molecule has 1 rings (SSSR count). The van der Waals surface area contributed by atoms with Gasteiger partial charge in [0, 0.05) is 10.8 Å². The van der Waals surface area contributed by atoms with Gasteiger partial charge in [0.2, 0.25) is 0 Å². The normalized spacial score (nSPS) is 14.9. The van der Waals surface area contributed by atoms with Gasteiger partial charge >= 0.3 is 0 Å². The number of ether oxygens (including phenoxy) is 1. The van der Waals surface area contributed by atoms with Crippen LogP contribution in [-0.2, 0) is 4.74 Å². The highest BCUT2D eigenvalue weighted by Gasteiger charge is 1.76. The van der Waals surface area contributed by atoms with Gasteiger partial charge in [-0.1, -0.05) is 11.8 Å². The van der Waals surface area contributed by atoms with Crippen LogP contribution in [0.2, 0.25) is 0 Å². The lowest BCUT2D eigenvalue weighted by Crippen LogP contribution is -1.65. The Labute approximate surface area is 52.8 Å². The third-order valence-corrected chi connectivity index (χ3v) is 0.962. The summed E-state index contributed by atoms with van der Waals surface area (Å²) in [4.78, 5) is 0. The first-order valence-corrected chi connectivity index (χ1v) is 2.55. The van der Waals surface area contributed by atoms with Gasteiger partial charge in [-0.25, -0.2) is 0 Å². The highest BCUT2D eigenvalue weighted by molar-refractivity contribution is 8.04. The molecule has 0 unspecified atom stereocenters. The molecule has 0 saturated carbocycles. The summed E-state index contributed by atoms with van der Waals surface area (Å²) in [7, 11) is 0. The summed E-state index contributed by atoms with van der Waals surface area (Å²) in [6.07, 6.45) is 3.29. The Hall–Kier alpha value is -0.0800. The van der Waals surface area contributed by atoms with E-state index < -0.39 is 0 Å². The zero-order chi connectivity index (χ0) is 4.24. The van der Waals surface area contributed by atoms with E-state index in [1.165, 1.54) is 0 Å². The molecule has 1 aliphatic heterocycles. The second kappa shape index (κ2) is 4.09. The van der Waals surface area contributed by atoms with Crippen LogP contribution in [0.3, 0.4) is 0 Å². The van der Waals surface area contributed by atoms with E-state index in [4.69, 9.17) is 0 Å². The summed E-state index contributed by atoms with van der Waals surface area (Å²) in [5, 5.41) is 3.75. The minimum Gasteiger partial charge on any atom is -0.472 e. The largest absolute Gasteiger partial charge is 0.472 e. The van der Waals surface area contributed by atoms with E-state index in [2.05, 4.69) is 4.74 Å². The molecule has 0 bridgehead atoms. The van der Waals surface area contributed by atoms with E-state index in [1.54, 1.807) is 24.3 Å². The van der Waals surface area contributed by atoms with Gasteiger partial charge in [0.25, 0.3) is 0 Å². The van der Waals surface area contributed by atoms with Gasteiger partial charge in [-0.15, -0.1) is 12.4 Å². The van der Waals surface area contributed by atoms with Crippen molar-refractivity contribution in [3.63, 3.8) is 0 Å². The Morgan fingerprint density at radius 2 is 1.71 bits per heavy atom. The molecule has 1 aliphatic rings. The monoisotopic (exact) mass is 136 g/mol. The Balaban J connectivity index is 0.000000360. The zero-order valence-corrected chi connectivity index (χ0v) is 5.17. The highest BCUT2D eigenvalue weighted by Crippen LogP contribution is 2.07. The van der Waals surface area contributed by atoms with Crippen LogP contribution in [-0.4, -0.2) is 0 Å². The average molecular weight is 137 g/mol. The van der Waals surface area contributed by atoms with E-state index >= 15 is 0 Å². The molecule has 0 atom stereocenters. The number of halogens is 1. The second-order valence-electron chi connectivity index (χ2n) is 0.816. The lowest BCUT2D eigenvalue weighted by atomic mass is 11.0. The van der Waals surface area contributed by atoms with Crippen molar-refractivity contribution in [2.45, 2.75) is 0 Å². The molecule has 40 valence electrons. The first kappa shape index (κ1) is 6.92. The maximum atomic E-state index is 4.69. The smallest absolute Gasteiger partial charge is 0.0968 e. The van der Waals surface area contributed by atoms with Gasteiger partial charge in [0.05, 0.1) is 12.5 Å². The van der Waals surface area contributed by atoms with E-state index in [-0.39, 0.29) is 12.4 Å². The van der Waals surface area contributed by atoms with Crippen molar-refractivity contribution in [2.75, 3.05) is 0 Å². The summed E-state index contributed by atoms with van der Waals surface area (Å²) < 4.78 is 4.69. The number of hydrogen-bond donors (Lipinski definition) is 0. The van der Waals surface area contributed by atoms with Crippen LogP contribution in [0, 0.1) is 0 Å². The molecular weight excluding hydrogens is 132 g/mol. The molecule has 1 heterocycles. The quantitative estimate of drug-likeness (QED) is 0.505. The predicted octanol–water partition coefficient (Wildman–Crippen LogP) is 2.11. The summed E-state index contributed by atoms with van der Waals surface area (Å²) in [5.41, 5.74) is 0. The molecule has 0 saturated heterocycles. The van der Waals surface area contributed by atoms with Gasteiger partial charge in [0.15, 0.2) is 0 Å². The Morgan fingerprint density at radius 3 is 1.86 bits per heavy atom. The van der Waals surface area contributed by atoms with Gasteiger partial charge in [-0.2, -0.15) is 0 Å². The molecule has 0 radical (unpaired) electrons. The van der Waals surface area contributed by atoms with Gasteiger partial charge in [-0.3, -0.25) is 0 Å². The summed E-state index contributed by atoms with van der Waals surface area (Å²) in [6, 6.07) is 0. The fourth-order valence-corrected chi connectivity index (χ4v) is 0.566. The molecule has 0 aromatic rings. The fourth-order valence-electron chi connectivity index (χ4n) is 0.219. The fraction of sp³-hybridized carbons (Fsp3) is 0. The zero-order valence-electron chi connectivity index (χ0n) is 3.53. The third kappa shape index (κ3) is 2.60. The number of hydrogen-bond acceptors (Lipinski definition) is 2. The number of thioether (sulfide) groups is 1. The van der Waals surface area contributed by atoms with Crippen LogP contribution in [0.25, 0.3) is 0 Å². The lowest BCUT2D eigenvalue weighted by molar-refractivity contribution is 0.404. The Kier molecular flexibility index (Phi) is 4.04. The molecule has 0 N–H and O–H groups in total. The SMILES string of the molecule is C1=CSC=CO1.Cl. The summed E-state index contributed by atoms with van der Waals surface area (Å²) in [6.45, 7) is 0. The van der Waals surface area contributed by atoms with E-state index in [0.717, 1.165) is 0 Å². The maximum Gasteiger partial charge on any atom is 0.0968 e. The van der Waals surface area contributed by atoms with Crippen molar-refractivity contribution in [1.29, 1.82) is 0 Å². The standard InChI is InChI=1S/C4H4OS.ClH/c1-3-6-4-2-5-1;/h1-4H;1H. The molecule has 0 aliphatic carbocycles. The average Bonchev–Trinajstić information content (AvgIpc) is 1.72. The second-order valence-corrected chi connectivity index (χ2v) is 1.63. The number of rotatable bonds is 0. The molecular formula is C4H5ClOS. The first-order chi connectivity index (χ1) is 3.00. The molecule has 0 amide bonds. The molecule has 0 aromatic carbocycles. The van der Waals surface area contributed by atoms with E-state index in [1.807, 2.05) is 10.8 Å². The minimum atomic E-state index is 0. The first-order valence-electron chi connectivity index (χ1n) is 1.61. The lowest BCUT2D eigenvalue weighted by Gasteiger charge is -1.91. The molecule has 3 heteroatoms. The van der Waals surface area contributed by atoms with Crippen molar-refractivity contribution < 1.29 is 4.74 Å². The van der Waals surface area contributed by atoms with Crippen LogP contribution >= 0.6 is 24.2 Å². The van der Waals surface area contributed by atoms with Gasteiger partial charge in [0.1, 0.15) is 0 Å². The topological polar surface area (TPSA) is 9.23 Å². The minimum absolute atomic E-state index is 0. The summed E-state index contributed by atoms with van der Waals surface area (Å²) in [5.74, 6) is 0. The van der Waals surface area contributed by atoms with E-state index in [0.29, 0.717) is 0 Å². The van der Waals surface area contributed by atoms with Gasteiger partial charge in [-0.05, 0) is 0 Å². The Bertz CT molecular complexity index is 69.7. The van der Waals surface area contributed by atoms with Crippen LogP contribution in [0.4, 0.5) is 0 Å². The van der Waals surface area contributed by atoms with Crippen LogP contribution < -0.4 is 0 Å². The van der Waals surface area contributed by atoms with Crippen molar-refractivity contribution in [3.8, 4) is 0 Å².